The Labute approximate surface area is 159 Å². The normalized spacial score (nSPS) is 14.9. The highest BCUT2D eigenvalue weighted by Gasteiger charge is 2.21. The molecule has 0 radical (unpaired) electrons. The lowest BCUT2D eigenvalue weighted by Gasteiger charge is -2.35. The molecule has 1 saturated heterocycles. The van der Waals surface area contributed by atoms with Gasteiger partial charge in [-0.15, -0.1) is 0 Å². The Morgan fingerprint density at radius 1 is 1.08 bits per heavy atom. The van der Waals surface area contributed by atoms with E-state index in [0.29, 0.717) is 5.02 Å². The van der Waals surface area contributed by atoms with Crippen molar-refractivity contribution >= 4 is 23.2 Å². The van der Waals surface area contributed by atoms with Gasteiger partial charge in [-0.3, -0.25) is 9.69 Å². The molecule has 5 nitrogen and oxygen atoms in total. The molecule has 0 aromatic heterocycles. The average Bonchev–Trinajstić information content (AvgIpc) is 2.68. The SMILES string of the molecule is COc1ccc(CN2CCN(C(=O)CNc3ccccc3Cl)CC2)cc1. The summed E-state index contributed by atoms with van der Waals surface area (Å²) in [6.45, 7) is 4.41. The van der Waals surface area contributed by atoms with Gasteiger partial charge in [-0.25, -0.2) is 0 Å². The third kappa shape index (κ3) is 4.90. The predicted molar refractivity (Wildman–Crippen MR) is 105 cm³/mol. The predicted octanol–water partition coefficient (Wildman–Crippen LogP) is 3.10. The van der Waals surface area contributed by atoms with Gasteiger partial charge < -0.3 is 15.0 Å². The lowest BCUT2D eigenvalue weighted by atomic mass is 10.2. The highest BCUT2D eigenvalue weighted by molar-refractivity contribution is 6.33. The highest BCUT2D eigenvalue weighted by atomic mass is 35.5. The van der Waals surface area contributed by atoms with Crippen LogP contribution in [0.15, 0.2) is 48.5 Å². The highest BCUT2D eigenvalue weighted by Crippen LogP contribution is 2.20. The molecule has 1 aliphatic heterocycles. The van der Waals surface area contributed by atoms with Crippen LogP contribution in [0.1, 0.15) is 5.56 Å². The van der Waals surface area contributed by atoms with E-state index in [-0.39, 0.29) is 12.5 Å². The number of amides is 1. The third-order valence-corrected chi connectivity index (χ3v) is 4.92. The third-order valence-electron chi connectivity index (χ3n) is 4.59. The van der Waals surface area contributed by atoms with Gasteiger partial charge in [-0.2, -0.15) is 0 Å². The zero-order valence-corrected chi connectivity index (χ0v) is 15.7. The Balaban J connectivity index is 1.44. The zero-order valence-electron chi connectivity index (χ0n) is 15.0. The van der Waals surface area contributed by atoms with E-state index < -0.39 is 0 Å². The van der Waals surface area contributed by atoms with Crippen LogP contribution in [0.25, 0.3) is 0 Å². The van der Waals surface area contributed by atoms with Crippen molar-refractivity contribution in [1.82, 2.24) is 9.80 Å². The molecule has 0 atom stereocenters. The Morgan fingerprint density at radius 2 is 1.77 bits per heavy atom. The number of benzene rings is 2. The molecule has 6 heteroatoms. The minimum Gasteiger partial charge on any atom is -0.497 e. The van der Waals surface area contributed by atoms with Crippen molar-refractivity contribution in [1.29, 1.82) is 0 Å². The molecule has 1 amide bonds. The second kappa shape index (κ2) is 8.92. The minimum absolute atomic E-state index is 0.106. The van der Waals surface area contributed by atoms with Crippen LogP contribution in [0.3, 0.4) is 0 Å². The number of nitrogens with zero attached hydrogens (tertiary/aromatic N) is 2. The van der Waals surface area contributed by atoms with Crippen molar-refractivity contribution in [2.45, 2.75) is 6.54 Å². The van der Waals surface area contributed by atoms with E-state index in [0.717, 1.165) is 44.2 Å². The first-order valence-electron chi connectivity index (χ1n) is 8.77. The molecule has 0 saturated carbocycles. The van der Waals surface area contributed by atoms with Crippen molar-refractivity contribution in [2.24, 2.45) is 0 Å². The van der Waals surface area contributed by atoms with Gasteiger partial charge in [0.05, 0.1) is 24.4 Å². The number of nitrogens with one attached hydrogen (secondary N) is 1. The maximum absolute atomic E-state index is 12.4. The summed E-state index contributed by atoms with van der Waals surface area (Å²) in [5.41, 5.74) is 2.05. The first-order chi connectivity index (χ1) is 12.7. The first kappa shape index (κ1) is 18.5. The number of methoxy groups -OCH3 is 1. The lowest BCUT2D eigenvalue weighted by Crippen LogP contribution is -2.49. The van der Waals surface area contributed by atoms with E-state index in [1.807, 2.05) is 41.3 Å². The first-order valence-corrected chi connectivity index (χ1v) is 9.15. The maximum atomic E-state index is 12.4. The summed E-state index contributed by atoms with van der Waals surface area (Å²) in [4.78, 5) is 16.7. The van der Waals surface area contributed by atoms with Crippen LogP contribution in [-0.2, 0) is 11.3 Å². The van der Waals surface area contributed by atoms with Gasteiger partial charge >= 0.3 is 0 Å². The van der Waals surface area contributed by atoms with Crippen molar-refractivity contribution in [3.05, 3.63) is 59.1 Å². The van der Waals surface area contributed by atoms with Crippen LogP contribution in [0, 0.1) is 0 Å². The Kier molecular flexibility index (Phi) is 6.36. The molecule has 3 rings (SSSR count). The minimum atomic E-state index is 0.106. The molecule has 1 fully saturated rings. The monoisotopic (exact) mass is 373 g/mol. The Bertz CT molecular complexity index is 728. The molecule has 2 aromatic carbocycles. The summed E-state index contributed by atoms with van der Waals surface area (Å²) in [6.07, 6.45) is 0. The Morgan fingerprint density at radius 3 is 2.42 bits per heavy atom. The van der Waals surface area contributed by atoms with Gasteiger partial charge in [0.15, 0.2) is 0 Å². The van der Waals surface area contributed by atoms with Gasteiger partial charge in [0.25, 0.3) is 0 Å². The second-order valence-electron chi connectivity index (χ2n) is 6.34. The molecule has 0 aliphatic carbocycles. The average molecular weight is 374 g/mol. The van der Waals surface area contributed by atoms with E-state index in [1.165, 1.54) is 5.56 Å². The van der Waals surface area contributed by atoms with E-state index >= 15 is 0 Å². The fourth-order valence-corrected chi connectivity index (χ4v) is 3.23. The number of ether oxygens (including phenoxy) is 1. The molecular weight excluding hydrogens is 350 g/mol. The lowest BCUT2D eigenvalue weighted by molar-refractivity contribution is -0.131. The molecule has 1 N–H and O–H groups in total. The van der Waals surface area contributed by atoms with Crippen LogP contribution < -0.4 is 10.1 Å². The standard InChI is InChI=1S/C20H24ClN3O2/c1-26-17-8-6-16(7-9-17)15-23-10-12-24(13-11-23)20(25)14-22-19-5-3-2-4-18(19)21/h2-9,22H,10-15H2,1H3. The molecule has 0 unspecified atom stereocenters. The van der Waals surface area contributed by atoms with Crippen LogP contribution in [0.5, 0.6) is 5.75 Å². The summed E-state index contributed by atoms with van der Waals surface area (Å²) in [5, 5.41) is 3.75. The van der Waals surface area contributed by atoms with Gasteiger partial charge in [0.1, 0.15) is 5.75 Å². The number of hydrogen-bond donors (Lipinski definition) is 1. The van der Waals surface area contributed by atoms with Crippen LogP contribution in [-0.4, -0.2) is 55.5 Å². The summed E-state index contributed by atoms with van der Waals surface area (Å²) >= 11 is 6.11. The Hall–Kier alpha value is -2.24. The zero-order chi connectivity index (χ0) is 18.4. The van der Waals surface area contributed by atoms with Crippen molar-refractivity contribution < 1.29 is 9.53 Å². The molecule has 26 heavy (non-hydrogen) atoms. The largest absolute Gasteiger partial charge is 0.497 e. The topological polar surface area (TPSA) is 44.8 Å². The second-order valence-corrected chi connectivity index (χ2v) is 6.75. The van der Waals surface area contributed by atoms with Gasteiger partial charge in [-0.05, 0) is 29.8 Å². The summed E-state index contributed by atoms with van der Waals surface area (Å²) in [6, 6.07) is 15.6. The van der Waals surface area contributed by atoms with Gasteiger partial charge in [0.2, 0.25) is 5.91 Å². The van der Waals surface area contributed by atoms with Crippen LogP contribution >= 0.6 is 11.6 Å². The fraction of sp³-hybridized carbons (Fsp3) is 0.350. The quantitative estimate of drug-likeness (QED) is 0.845. The number of carbonyl (C=O) groups is 1. The fourth-order valence-electron chi connectivity index (χ4n) is 3.03. The number of para-hydroxylation sites is 1. The van der Waals surface area contributed by atoms with Crippen molar-refractivity contribution in [3.8, 4) is 5.75 Å². The molecule has 1 heterocycles. The number of piperazine rings is 1. The van der Waals surface area contributed by atoms with E-state index in [4.69, 9.17) is 16.3 Å². The van der Waals surface area contributed by atoms with Crippen molar-refractivity contribution in [3.63, 3.8) is 0 Å². The van der Waals surface area contributed by atoms with Crippen LogP contribution in [0.2, 0.25) is 5.02 Å². The smallest absolute Gasteiger partial charge is 0.241 e. The molecular formula is C20H24ClN3O2. The van der Waals surface area contributed by atoms with E-state index in [9.17, 15) is 4.79 Å². The summed E-state index contributed by atoms with van der Waals surface area (Å²) < 4.78 is 5.19. The summed E-state index contributed by atoms with van der Waals surface area (Å²) in [5.74, 6) is 0.976. The number of halogens is 1. The number of rotatable bonds is 6. The van der Waals surface area contributed by atoms with Crippen LogP contribution in [0.4, 0.5) is 5.69 Å². The molecule has 138 valence electrons. The molecule has 2 aromatic rings. The van der Waals surface area contributed by atoms with E-state index in [2.05, 4.69) is 22.3 Å². The summed E-state index contributed by atoms with van der Waals surface area (Å²) in [7, 11) is 1.67. The molecule has 0 spiro atoms. The van der Waals surface area contributed by atoms with Crippen molar-refractivity contribution in [2.75, 3.05) is 45.2 Å². The number of anilines is 1. The van der Waals surface area contributed by atoms with Gasteiger partial charge in [-0.1, -0.05) is 35.9 Å². The number of carbonyl (C=O) groups excluding carboxylic acids is 1. The van der Waals surface area contributed by atoms with E-state index in [1.54, 1.807) is 7.11 Å². The number of hydrogen-bond acceptors (Lipinski definition) is 4. The van der Waals surface area contributed by atoms with Gasteiger partial charge in [0, 0.05) is 32.7 Å². The molecule has 1 aliphatic rings. The molecule has 0 bridgehead atoms. The maximum Gasteiger partial charge on any atom is 0.241 e.